The average molecular weight is 264 g/mol. The molecule has 1 fully saturated rings. The summed E-state index contributed by atoms with van der Waals surface area (Å²) in [7, 11) is 10.5. The summed E-state index contributed by atoms with van der Waals surface area (Å²) in [5.41, 5.74) is 0. The van der Waals surface area contributed by atoms with Gasteiger partial charge in [-0.3, -0.25) is 0 Å². The van der Waals surface area contributed by atoms with Gasteiger partial charge in [-0.15, -0.1) is 0 Å². The molecule has 0 aromatic carbocycles. The van der Waals surface area contributed by atoms with Gasteiger partial charge in [0.2, 0.25) is 0 Å². The molecular formula is C11H29N4OP. The van der Waals surface area contributed by atoms with Crippen molar-refractivity contribution in [2.45, 2.75) is 19.3 Å². The van der Waals surface area contributed by atoms with E-state index in [9.17, 15) is 0 Å². The summed E-state index contributed by atoms with van der Waals surface area (Å²) in [5.74, 6) is 0. The number of hydrogen-bond donors (Lipinski definition) is 0. The van der Waals surface area contributed by atoms with E-state index in [1.54, 1.807) is 0 Å². The maximum atomic E-state index is 6.41. The van der Waals surface area contributed by atoms with Crippen LogP contribution < -0.4 is 0 Å². The third-order valence-electron chi connectivity index (χ3n) is 3.31. The van der Waals surface area contributed by atoms with Gasteiger partial charge in [-0.2, -0.15) is 0 Å². The summed E-state index contributed by atoms with van der Waals surface area (Å²) in [6.07, 6.45) is 3.83. The molecule has 0 aromatic heterocycles. The van der Waals surface area contributed by atoms with E-state index >= 15 is 0 Å². The zero-order valence-electron chi connectivity index (χ0n) is 12.2. The standard InChI is InChI=1S/C11H29N4OP/c1-12(2)17(13(3)4,14(5)6)16-15-10-8-7-9-11-15/h17H,7-11H2,1-6H3. The molecule has 1 saturated heterocycles. The molecule has 0 spiro atoms. The fourth-order valence-electron chi connectivity index (χ4n) is 2.57. The van der Waals surface area contributed by atoms with Crippen molar-refractivity contribution in [3.05, 3.63) is 0 Å². The van der Waals surface area contributed by atoms with Gasteiger partial charge in [-0.05, 0) is 0 Å². The summed E-state index contributed by atoms with van der Waals surface area (Å²) >= 11 is 0. The Kier molecular flexibility index (Phi) is 5.77. The minimum absolute atomic E-state index is 1.06. The fourth-order valence-corrected chi connectivity index (χ4v) is 5.99. The molecule has 0 radical (unpaired) electrons. The maximum absolute atomic E-state index is 6.41. The van der Waals surface area contributed by atoms with Gasteiger partial charge in [0.05, 0.1) is 0 Å². The third kappa shape index (κ3) is 3.37. The van der Waals surface area contributed by atoms with E-state index in [1.165, 1.54) is 19.3 Å². The van der Waals surface area contributed by atoms with Gasteiger partial charge in [0, 0.05) is 0 Å². The molecule has 1 aliphatic rings. The molecule has 1 heterocycles. The van der Waals surface area contributed by atoms with Crippen LogP contribution in [0.25, 0.3) is 0 Å². The molecule has 6 heteroatoms. The Labute approximate surface area is 107 Å². The van der Waals surface area contributed by atoms with E-state index in [0.717, 1.165) is 13.1 Å². The SMILES string of the molecule is CN(C)[PH](ON1CCCCC1)(N(C)C)N(C)C. The summed E-state index contributed by atoms with van der Waals surface area (Å²) in [5, 5.41) is 2.16. The van der Waals surface area contributed by atoms with Crippen LogP contribution in [-0.4, -0.2) is 74.5 Å². The number of nitrogens with zero attached hydrogens (tertiary/aromatic N) is 4. The first-order valence-corrected chi connectivity index (χ1v) is 8.12. The Morgan fingerprint density at radius 2 is 1.18 bits per heavy atom. The topological polar surface area (TPSA) is 22.2 Å². The molecule has 5 nitrogen and oxygen atoms in total. The van der Waals surface area contributed by atoms with Crippen molar-refractivity contribution in [2.75, 3.05) is 55.4 Å². The zero-order valence-corrected chi connectivity index (χ0v) is 13.2. The van der Waals surface area contributed by atoms with E-state index in [-0.39, 0.29) is 0 Å². The predicted molar refractivity (Wildman–Crippen MR) is 75.9 cm³/mol. The van der Waals surface area contributed by atoms with Gasteiger partial charge in [-0.25, -0.2) is 0 Å². The molecule has 0 amide bonds. The Morgan fingerprint density at radius 1 is 0.765 bits per heavy atom. The van der Waals surface area contributed by atoms with Gasteiger partial charge in [0.1, 0.15) is 0 Å². The second-order valence-corrected chi connectivity index (χ2v) is 9.35. The molecule has 0 unspecified atom stereocenters. The van der Waals surface area contributed by atoms with Crippen LogP contribution in [0.1, 0.15) is 19.3 Å². The summed E-state index contributed by atoms with van der Waals surface area (Å²) < 4.78 is 13.1. The number of piperidine rings is 1. The normalized spacial score (nSPS) is 20.5. The second kappa shape index (κ2) is 6.41. The molecular weight excluding hydrogens is 235 g/mol. The number of hydroxylamine groups is 2. The first-order chi connectivity index (χ1) is 7.91. The Morgan fingerprint density at radius 3 is 1.53 bits per heavy atom. The van der Waals surface area contributed by atoms with Crippen LogP contribution in [0, 0.1) is 0 Å². The van der Waals surface area contributed by atoms with E-state index in [1.807, 2.05) is 0 Å². The third-order valence-corrected chi connectivity index (χ3v) is 7.31. The van der Waals surface area contributed by atoms with Gasteiger partial charge < -0.3 is 0 Å². The van der Waals surface area contributed by atoms with E-state index in [0.29, 0.717) is 0 Å². The number of rotatable bonds is 5. The van der Waals surface area contributed by atoms with Crippen molar-refractivity contribution >= 4 is 7.94 Å². The van der Waals surface area contributed by atoms with Crippen molar-refractivity contribution in [2.24, 2.45) is 0 Å². The minimum atomic E-state index is -2.19. The average Bonchev–Trinajstić information content (AvgIpc) is 2.25. The van der Waals surface area contributed by atoms with Crippen LogP contribution in [0.15, 0.2) is 0 Å². The van der Waals surface area contributed by atoms with E-state index < -0.39 is 7.94 Å². The zero-order chi connectivity index (χ0) is 13.1. The van der Waals surface area contributed by atoms with E-state index in [4.69, 9.17) is 4.62 Å². The van der Waals surface area contributed by atoms with Crippen molar-refractivity contribution in [1.29, 1.82) is 0 Å². The van der Waals surface area contributed by atoms with Crippen molar-refractivity contribution in [3.63, 3.8) is 0 Å². The van der Waals surface area contributed by atoms with Gasteiger partial charge in [-0.1, -0.05) is 0 Å². The van der Waals surface area contributed by atoms with Crippen LogP contribution in [0.4, 0.5) is 0 Å². The molecule has 1 rings (SSSR count). The van der Waals surface area contributed by atoms with Crippen molar-refractivity contribution in [3.8, 4) is 0 Å². The first-order valence-electron chi connectivity index (χ1n) is 6.37. The van der Waals surface area contributed by atoms with Crippen LogP contribution in [0.2, 0.25) is 0 Å². The Hall–Kier alpha value is 0.230. The molecule has 0 aromatic rings. The summed E-state index contributed by atoms with van der Waals surface area (Å²) in [6, 6.07) is 0. The van der Waals surface area contributed by atoms with Crippen LogP contribution in [0.5, 0.6) is 0 Å². The molecule has 0 atom stereocenters. The molecule has 104 valence electrons. The molecule has 0 N–H and O–H groups in total. The van der Waals surface area contributed by atoms with Crippen molar-refractivity contribution < 1.29 is 4.62 Å². The number of hydrogen-bond acceptors (Lipinski definition) is 5. The molecule has 0 bridgehead atoms. The summed E-state index contributed by atoms with van der Waals surface area (Å²) in [4.78, 5) is 0. The van der Waals surface area contributed by atoms with Crippen molar-refractivity contribution in [1.82, 2.24) is 19.1 Å². The quantitative estimate of drug-likeness (QED) is 0.700. The molecule has 17 heavy (non-hydrogen) atoms. The molecule has 0 aliphatic carbocycles. The van der Waals surface area contributed by atoms with Gasteiger partial charge in [0.15, 0.2) is 0 Å². The Bertz CT molecular complexity index is 208. The van der Waals surface area contributed by atoms with Crippen LogP contribution in [-0.2, 0) is 4.62 Å². The monoisotopic (exact) mass is 264 g/mol. The Balaban J connectivity index is 2.81. The van der Waals surface area contributed by atoms with Gasteiger partial charge >= 0.3 is 106 Å². The van der Waals surface area contributed by atoms with Crippen LogP contribution in [0.3, 0.4) is 0 Å². The summed E-state index contributed by atoms with van der Waals surface area (Å²) in [6.45, 7) is 2.12. The first kappa shape index (κ1) is 15.3. The van der Waals surface area contributed by atoms with Crippen LogP contribution >= 0.6 is 7.94 Å². The molecule has 1 aliphatic heterocycles. The predicted octanol–water partition coefficient (Wildman–Crippen LogP) is 1.50. The fraction of sp³-hybridized carbons (Fsp3) is 1.00. The molecule has 0 saturated carbocycles. The van der Waals surface area contributed by atoms with Gasteiger partial charge in [0.25, 0.3) is 0 Å². The van der Waals surface area contributed by atoms with E-state index in [2.05, 4.69) is 61.4 Å². The second-order valence-electron chi connectivity index (χ2n) is 5.34.